The largest absolute Gasteiger partial charge is 0.486 e. The van der Waals surface area contributed by atoms with Crippen LogP contribution in [0.3, 0.4) is 0 Å². The molecule has 0 aliphatic carbocycles. The second-order valence-electron chi connectivity index (χ2n) is 8.38. The zero-order valence-corrected chi connectivity index (χ0v) is 19.8. The lowest BCUT2D eigenvalue weighted by molar-refractivity contribution is 0.0531. The number of benzene rings is 1. The Morgan fingerprint density at radius 1 is 1.33 bits per heavy atom. The Morgan fingerprint density at radius 3 is 2.91 bits per heavy atom. The first kappa shape index (κ1) is 21.9. The molecule has 8 nitrogen and oxygen atoms in total. The lowest BCUT2D eigenvalue weighted by Gasteiger charge is -2.31. The van der Waals surface area contributed by atoms with E-state index < -0.39 is 5.97 Å². The summed E-state index contributed by atoms with van der Waals surface area (Å²) in [5, 5.41) is 0.462. The molecule has 1 aromatic carbocycles. The molecule has 5 rings (SSSR count). The lowest BCUT2D eigenvalue weighted by atomic mass is 10.0. The molecule has 0 amide bonds. The number of rotatable bonds is 5. The topological polar surface area (TPSA) is 93.8 Å². The maximum absolute atomic E-state index is 13.0. The molecule has 2 aliphatic heterocycles. The predicted molar refractivity (Wildman–Crippen MR) is 125 cm³/mol. The highest BCUT2D eigenvalue weighted by atomic mass is 32.1. The highest BCUT2D eigenvalue weighted by Gasteiger charge is 2.33. The summed E-state index contributed by atoms with van der Waals surface area (Å²) in [7, 11) is 0. The van der Waals surface area contributed by atoms with Crippen molar-refractivity contribution in [1.82, 2.24) is 14.9 Å². The molecule has 2 aromatic heterocycles. The van der Waals surface area contributed by atoms with Crippen molar-refractivity contribution in [2.75, 3.05) is 26.4 Å². The highest BCUT2D eigenvalue weighted by Crippen LogP contribution is 2.41. The molecule has 174 valence electrons. The van der Waals surface area contributed by atoms with Gasteiger partial charge in [-0.15, -0.1) is 11.3 Å². The number of carbonyl (C=O) groups is 1. The fourth-order valence-electron chi connectivity index (χ4n) is 4.78. The van der Waals surface area contributed by atoms with Gasteiger partial charge in [0, 0.05) is 6.04 Å². The van der Waals surface area contributed by atoms with Gasteiger partial charge >= 0.3 is 5.97 Å². The zero-order chi connectivity index (χ0) is 23.1. The fraction of sp³-hybridized carbons (Fsp3) is 0.458. The molecule has 0 saturated carbocycles. The van der Waals surface area contributed by atoms with E-state index in [0.29, 0.717) is 39.7 Å². The zero-order valence-electron chi connectivity index (χ0n) is 19.0. The van der Waals surface area contributed by atoms with E-state index in [0.717, 1.165) is 30.9 Å². The molecule has 0 unspecified atom stereocenters. The monoisotopic (exact) mass is 469 g/mol. The average molecular weight is 470 g/mol. The number of aromatic nitrogens is 2. The van der Waals surface area contributed by atoms with Gasteiger partial charge in [-0.2, -0.15) is 0 Å². The summed E-state index contributed by atoms with van der Waals surface area (Å²) in [6.45, 7) is 7.91. The van der Waals surface area contributed by atoms with E-state index >= 15 is 0 Å². The molecular weight excluding hydrogens is 442 g/mol. The van der Waals surface area contributed by atoms with Crippen molar-refractivity contribution < 1.29 is 19.0 Å². The number of nitrogens with one attached hydrogen (secondary N) is 1. The van der Waals surface area contributed by atoms with E-state index in [1.807, 2.05) is 6.07 Å². The normalized spacial score (nSPS) is 19.1. The summed E-state index contributed by atoms with van der Waals surface area (Å²) in [6, 6.07) is 6.23. The van der Waals surface area contributed by atoms with Gasteiger partial charge in [0.2, 0.25) is 0 Å². The van der Waals surface area contributed by atoms with Crippen LogP contribution < -0.4 is 15.0 Å². The summed E-state index contributed by atoms with van der Waals surface area (Å²) in [4.78, 5) is 36.4. The predicted octanol–water partition coefficient (Wildman–Crippen LogP) is 4.14. The minimum atomic E-state index is -0.412. The van der Waals surface area contributed by atoms with E-state index in [1.54, 1.807) is 13.8 Å². The van der Waals surface area contributed by atoms with Crippen molar-refractivity contribution in [2.24, 2.45) is 0 Å². The van der Waals surface area contributed by atoms with Gasteiger partial charge in [-0.3, -0.25) is 9.69 Å². The number of H-pyrrole nitrogens is 1. The molecule has 2 atom stereocenters. The molecule has 0 radical (unpaired) electrons. The van der Waals surface area contributed by atoms with Crippen LogP contribution in [-0.4, -0.2) is 47.2 Å². The van der Waals surface area contributed by atoms with Crippen molar-refractivity contribution >= 4 is 27.5 Å². The second kappa shape index (κ2) is 8.79. The SMILES string of the molecule is CCOC(=O)c1sc2nc([C@H](C)N3CCC[C@@H]3c3ccc4c(c3)OCCO4)[nH]c(=O)c2c1C. The maximum Gasteiger partial charge on any atom is 0.348 e. The first-order valence-corrected chi connectivity index (χ1v) is 12.1. The minimum Gasteiger partial charge on any atom is -0.486 e. The summed E-state index contributed by atoms with van der Waals surface area (Å²) in [5.74, 6) is 1.76. The van der Waals surface area contributed by atoms with Gasteiger partial charge in [0.25, 0.3) is 5.56 Å². The number of fused-ring (bicyclic) bond motifs is 2. The van der Waals surface area contributed by atoms with Crippen LogP contribution >= 0.6 is 11.3 Å². The molecular formula is C24H27N3O5S. The van der Waals surface area contributed by atoms with Gasteiger partial charge < -0.3 is 19.2 Å². The van der Waals surface area contributed by atoms with Crippen LogP contribution in [0.5, 0.6) is 11.5 Å². The van der Waals surface area contributed by atoms with Crippen molar-refractivity contribution in [3.63, 3.8) is 0 Å². The number of likely N-dealkylation sites (tertiary alicyclic amines) is 1. The number of thiophene rings is 1. The Morgan fingerprint density at radius 2 is 2.12 bits per heavy atom. The highest BCUT2D eigenvalue weighted by molar-refractivity contribution is 7.20. The van der Waals surface area contributed by atoms with Gasteiger partial charge in [0.05, 0.1) is 18.0 Å². The lowest BCUT2D eigenvalue weighted by Crippen LogP contribution is -2.29. The fourth-order valence-corrected chi connectivity index (χ4v) is 5.87. The van der Waals surface area contributed by atoms with E-state index in [1.165, 1.54) is 16.9 Å². The summed E-state index contributed by atoms with van der Waals surface area (Å²) < 4.78 is 16.6. The standard InChI is InChI=1S/C24H27N3O5S/c1-4-30-24(29)20-13(2)19-22(28)25-21(26-23(19)33-20)14(3)27-9-5-6-16(27)15-7-8-17-18(12-15)32-11-10-31-17/h7-8,12,14,16H,4-6,9-11H2,1-3H3,(H,25,26,28)/t14-,16+/m0/s1. The van der Waals surface area contributed by atoms with Gasteiger partial charge in [0.15, 0.2) is 11.5 Å². The quantitative estimate of drug-likeness (QED) is 0.561. The number of aryl methyl sites for hydroxylation is 1. The Kier molecular flexibility index (Phi) is 5.84. The Balaban J connectivity index is 1.47. The van der Waals surface area contributed by atoms with Crippen LogP contribution in [0.2, 0.25) is 0 Å². The van der Waals surface area contributed by atoms with Crippen LogP contribution in [0.15, 0.2) is 23.0 Å². The number of ether oxygens (including phenoxy) is 3. The van der Waals surface area contributed by atoms with Gasteiger partial charge in [-0.05, 0) is 63.4 Å². The molecule has 0 bridgehead atoms. The van der Waals surface area contributed by atoms with E-state index in [-0.39, 0.29) is 24.2 Å². The second-order valence-corrected chi connectivity index (χ2v) is 9.38. The van der Waals surface area contributed by atoms with Crippen LogP contribution in [0.25, 0.3) is 10.2 Å². The van der Waals surface area contributed by atoms with E-state index in [2.05, 4.69) is 28.9 Å². The molecule has 1 N–H and O–H groups in total. The molecule has 9 heteroatoms. The van der Waals surface area contributed by atoms with E-state index in [9.17, 15) is 9.59 Å². The van der Waals surface area contributed by atoms with E-state index in [4.69, 9.17) is 19.2 Å². The van der Waals surface area contributed by atoms with Crippen LogP contribution in [-0.2, 0) is 4.74 Å². The molecule has 1 saturated heterocycles. The van der Waals surface area contributed by atoms with Crippen molar-refractivity contribution in [1.29, 1.82) is 0 Å². The number of aromatic amines is 1. The number of carbonyl (C=O) groups excluding carboxylic acids is 1. The number of hydrogen-bond donors (Lipinski definition) is 1. The molecule has 33 heavy (non-hydrogen) atoms. The van der Waals surface area contributed by atoms with Crippen LogP contribution in [0, 0.1) is 6.92 Å². The Hall–Kier alpha value is -2.91. The summed E-state index contributed by atoms with van der Waals surface area (Å²) >= 11 is 1.22. The van der Waals surface area contributed by atoms with Crippen LogP contribution in [0.1, 0.15) is 65.4 Å². The van der Waals surface area contributed by atoms with Gasteiger partial charge in [-0.1, -0.05) is 6.07 Å². The molecule has 2 aliphatic rings. The minimum absolute atomic E-state index is 0.101. The third kappa shape index (κ3) is 3.89. The Bertz CT molecular complexity index is 1270. The number of hydrogen-bond acceptors (Lipinski definition) is 8. The maximum atomic E-state index is 13.0. The van der Waals surface area contributed by atoms with Gasteiger partial charge in [0.1, 0.15) is 28.7 Å². The number of nitrogens with zero attached hydrogens (tertiary/aromatic N) is 2. The average Bonchev–Trinajstić information content (AvgIpc) is 3.43. The first-order valence-electron chi connectivity index (χ1n) is 11.3. The smallest absolute Gasteiger partial charge is 0.348 e. The summed E-state index contributed by atoms with van der Waals surface area (Å²) in [6.07, 6.45) is 2.07. The third-order valence-electron chi connectivity index (χ3n) is 6.42. The van der Waals surface area contributed by atoms with Crippen molar-refractivity contribution in [3.8, 4) is 11.5 Å². The van der Waals surface area contributed by atoms with Gasteiger partial charge in [-0.25, -0.2) is 9.78 Å². The molecule has 3 aromatic rings. The summed E-state index contributed by atoms with van der Waals surface area (Å²) in [5.41, 5.74) is 1.57. The third-order valence-corrected chi connectivity index (χ3v) is 7.58. The molecule has 1 fully saturated rings. The first-order chi connectivity index (χ1) is 16.0. The Labute approximate surface area is 195 Å². The van der Waals surface area contributed by atoms with Crippen molar-refractivity contribution in [3.05, 3.63) is 50.4 Å². The molecule has 0 spiro atoms. The molecule has 4 heterocycles. The number of esters is 1. The van der Waals surface area contributed by atoms with Crippen LogP contribution in [0.4, 0.5) is 0 Å². The van der Waals surface area contributed by atoms with Crippen molar-refractivity contribution in [2.45, 2.75) is 45.7 Å².